The van der Waals surface area contributed by atoms with Crippen LogP contribution in [0.2, 0.25) is 0 Å². The number of nitrogen functional groups attached to an aromatic ring is 1. The molecule has 4 heterocycles. The minimum Gasteiger partial charge on any atom is -0.491 e. The van der Waals surface area contributed by atoms with Crippen molar-refractivity contribution in [3.8, 4) is 16.9 Å². The van der Waals surface area contributed by atoms with Crippen LogP contribution in [0.5, 0.6) is 5.75 Å². The highest BCUT2D eigenvalue weighted by Gasteiger charge is 2.23. The number of nitrogens with zero attached hydrogens (tertiary/aromatic N) is 5. The van der Waals surface area contributed by atoms with Crippen molar-refractivity contribution < 1.29 is 4.74 Å². The molecule has 0 atom stereocenters. The number of nitrogens with one attached hydrogen (secondary N) is 1. The van der Waals surface area contributed by atoms with Gasteiger partial charge < -0.3 is 20.7 Å². The number of aryl methyl sites for hydroxylation is 1. The first kappa shape index (κ1) is 21.4. The van der Waals surface area contributed by atoms with Crippen molar-refractivity contribution in [2.75, 3.05) is 36.1 Å². The number of aromatic nitrogens is 4. The lowest BCUT2D eigenvalue weighted by Gasteiger charge is -2.26. The number of pyridine rings is 1. The van der Waals surface area contributed by atoms with Gasteiger partial charge in [0.2, 0.25) is 5.95 Å². The molecule has 0 saturated heterocycles. The Balaban J connectivity index is 1.54. The zero-order valence-corrected chi connectivity index (χ0v) is 20.0. The zero-order valence-electron chi connectivity index (χ0n) is 19.2. The van der Waals surface area contributed by atoms with E-state index in [9.17, 15) is 0 Å². The quantitative estimate of drug-likeness (QED) is 0.454. The van der Waals surface area contributed by atoms with E-state index in [4.69, 9.17) is 15.5 Å². The number of thiazole rings is 1. The molecule has 1 aliphatic heterocycles. The van der Waals surface area contributed by atoms with Gasteiger partial charge in [0.1, 0.15) is 28.5 Å². The summed E-state index contributed by atoms with van der Waals surface area (Å²) in [6.07, 6.45) is 1.88. The summed E-state index contributed by atoms with van der Waals surface area (Å²) in [4.78, 5) is 21.5. The Morgan fingerprint density at radius 2 is 2.00 bits per heavy atom. The van der Waals surface area contributed by atoms with Crippen molar-refractivity contribution in [1.29, 1.82) is 0 Å². The smallest absolute Gasteiger partial charge is 0.224 e. The third-order valence-electron chi connectivity index (χ3n) is 5.85. The van der Waals surface area contributed by atoms with E-state index in [0.717, 1.165) is 50.8 Å². The molecule has 9 heteroatoms. The first-order valence-corrected chi connectivity index (χ1v) is 11.8. The number of hydrogen-bond donors (Lipinski definition) is 2. The molecule has 0 saturated carbocycles. The molecule has 33 heavy (non-hydrogen) atoms. The summed E-state index contributed by atoms with van der Waals surface area (Å²) in [5.41, 5.74) is 12.0. The predicted molar refractivity (Wildman–Crippen MR) is 134 cm³/mol. The van der Waals surface area contributed by atoms with Crippen LogP contribution < -0.4 is 20.7 Å². The highest BCUT2D eigenvalue weighted by Crippen LogP contribution is 2.35. The molecule has 0 unspecified atom stereocenters. The van der Waals surface area contributed by atoms with Gasteiger partial charge in [0.25, 0.3) is 0 Å². The Bertz CT molecular complexity index is 1330. The van der Waals surface area contributed by atoms with Gasteiger partial charge >= 0.3 is 0 Å². The van der Waals surface area contributed by atoms with Gasteiger partial charge in [-0.25, -0.2) is 15.0 Å². The lowest BCUT2D eigenvalue weighted by atomic mass is 10.0. The Morgan fingerprint density at radius 1 is 1.15 bits per heavy atom. The number of benzene rings is 1. The van der Waals surface area contributed by atoms with Gasteiger partial charge in [0, 0.05) is 42.2 Å². The molecule has 3 aromatic heterocycles. The summed E-state index contributed by atoms with van der Waals surface area (Å²) in [5.74, 6) is 2.81. The van der Waals surface area contributed by atoms with E-state index < -0.39 is 0 Å². The average molecular weight is 462 g/mol. The Labute approximate surface area is 196 Å². The van der Waals surface area contributed by atoms with Gasteiger partial charge in [-0.15, -0.1) is 0 Å². The first-order chi connectivity index (χ1) is 15.9. The molecule has 0 fully saturated rings. The fourth-order valence-electron chi connectivity index (χ4n) is 4.35. The summed E-state index contributed by atoms with van der Waals surface area (Å²) < 4.78 is 6.11. The van der Waals surface area contributed by atoms with Crippen molar-refractivity contribution >= 4 is 38.6 Å². The van der Waals surface area contributed by atoms with Gasteiger partial charge in [-0.1, -0.05) is 31.3 Å². The summed E-state index contributed by atoms with van der Waals surface area (Å²) in [6, 6.07) is 8.33. The van der Waals surface area contributed by atoms with Crippen molar-refractivity contribution in [3.63, 3.8) is 0 Å². The molecule has 5 rings (SSSR count). The highest BCUT2D eigenvalue weighted by molar-refractivity contribution is 7.21. The zero-order chi connectivity index (χ0) is 23.1. The van der Waals surface area contributed by atoms with Gasteiger partial charge in [-0.05, 0) is 36.6 Å². The largest absolute Gasteiger partial charge is 0.491 e. The van der Waals surface area contributed by atoms with Crippen LogP contribution in [-0.4, -0.2) is 40.1 Å². The topological polar surface area (TPSA) is 102 Å². The number of ether oxygens (including phenoxy) is 1. The molecule has 1 aliphatic rings. The van der Waals surface area contributed by atoms with E-state index in [1.807, 2.05) is 25.4 Å². The lowest BCUT2D eigenvalue weighted by Crippen LogP contribution is -2.28. The number of anilines is 3. The second-order valence-corrected chi connectivity index (χ2v) is 9.48. The van der Waals surface area contributed by atoms with E-state index in [1.54, 1.807) is 0 Å². The normalized spacial score (nSPS) is 13.7. The van der Waals surface area contributed by atoms with E-state index in [-0.39, 0.29) is 0 Å². The third-order valence-corrected chi connectivity index (χ3v) is 6.66. The van der Waals surface area contributed by atoms with Gasteiger partial charge in [-0.2, -0.15) is 4.98 Å². The van der Waals surface area contributed by atoms with E-state index >= 15 is 0 Å². The average Bonchev–Trinajstić information content (AvgIpc) is 3.03. The summed E-state index contributed by atoms with van der Waals surface area (Å²) in [6.45, 7) is 8.45. The van der Waals surface area contributed by atoms with Crippen LogP contribution >= 0.6 is 11.3 Å². The highest BCUT2D eigenvalue weighted by atomic mass is 32.1. The van der Waals surface area contributed by atoms with E-state index in [0.29, 0.717) is 30.1 Å². The third kappa shape index (κ3) is 4.04. The molecule has 3 N–H and O–H groups in total. The second-order valence-electron chi connectivity index (χ2n) is 8.47. The molecule has 8 nitrogen and oxygen atoms in total. The standard InChI is InChI=1S/C24H27N7OS/c1-13(2)20-14(3)28-24(26-4)30-21(20)31-7-8-32-19-6-5-15(9-17(19)12-31)16-10-18-22(27-11-16)33-23(25)29-18/h5-6,9-11,13H,7-8,12H2,1-4H3,(H2,25,29)(H,26,28,30). The Kier molecular flexibility index (Phi) is 5.49. The van der Waals surface area contributed by atoms with Crippen molar-refractivity contribution in [1.82, 2.24) is 19.9 Å². The fourth-order valence-corrected chi connectivity index (χ4v) is 5.00. The van der Waals surface area contributed by atoms with Gasteiger partial charge in [0.15, 0.2) is 5.13 Å². The minimum absolute atomic E-state index is 0.309. The van der Waals surface area contributed by atoms with Crippen LogP contribution in [-0.2, 0) is 6.54 Å². The Morgan fingerprint density at radius 3 is 2.79 bits per heavy atom. The van der Waals surface area contributed by atoms with Crippen molar-refractivity contribution in [3.05, 3.63) is 47.3 Å². The second kappa shape index (κ2) is 8.47. The van der Waals surface area contributed by atoms with E-state index in [1.165, 1.54) is 16.9 Å². The van der Waals surface area contributed by atoms with Crippen molar-refractivity contribution in [2.45, 2.75) is 33.2 Å². The monoisotopic (exact) mass is 461 g/mol. The number of fused-ring (bicyclic) bond motifs is 2. The molecule has 0 spiro atoms. The molecule has 1 aromatic carbocycles. The van der Waals surface area contributed by atoms with Gasteiger partial charge in [0.05, 0.1) is 6.54 Å². The molecular formula is C24H27N7OS. The van der Waals surface area contributed by atoms with Crippen LogP contribution in [0.3, 0.4) is 0 Å². The number of nitrogens with two attached hydrogens (primary N) is 1. The molecule has 0 radical (unpaired) electrons. The SMILES string of the molecule is CNc1nc(C)c(C(C)C)c(N2CCOc3ccc(-c4cnc5sc(N)nc5c4)cc3C2)n1. The van der Waals surface area contributed by atoms with Crippen LogP contribution in [0.4, 0.5) is 16.9 Å². The predicted octanol–water partition coefficient (Wildman–Crippen LogP) is 4.60. The lowest BCUT2D eigenvalue weighted by molar-refractivity contribution is 0.331. The molecule has 4 aromatic rings. The maximum Gasteiger partial charge on any atom is 0.224 e. The molecule has 0 bridgehead atoms. The summed E-state index contributed by atoms with van der Waals surface area (Å²) in [7, 11) is 1.85. The van der Waals surface area contributed by atoms with Crippen LogP contribution in [0.15, 0.2) is 30.5 Å². The first-order valence-electron chi connectivity index (χ1n) is 11.0. The minimum atomic E-state index is 0.309. The van der Waals surface area contributed by atoms with Gasteiger partial charge in [-0.3, -0.25) is 0 Å². The maximum atomic E-state index is 6.11. The molecule has 0 amide bonds. The molecule has 170 valence electrons. The van der Waals surface area contributed by atoms with E-state index in [2.05, 4.69) is 58.1 Å². The summed E-state index contributed by atoms with van der Waals surface area (Å²) >= 11 is 1.40. The number of rotatable bonds is 4. The summed E-state index contributed by atoms with van der Waals surface area (Å²) in [5, 5.41) is 3.62. The molecular weight excluding hydrogens is 434 g/mol. The van der Waals surface area contributed by atoms with Crippen LogP contribution in [0, 0.1) is 6.92 Å². The molecule has 0 aliphatic carbocycles. The van der Waals surface area contributed by atoms with Crippen molar-refractivity contribution in [2.24, 2.45) is 0 Å². The van der Waals surface area contributed by atoms with Crippen LogP contribution in [0.25, 0.3) is 21.5 Å². The number of hydrogen-bond acceptors (Lipinski definition) is 9. The fraction of sp³-hybridized carbons (Fsp3) is 0.333. The van der Waals surface area contributed by atoms with Crippen LogP contribution in [0.1, 0.15) is 36.6 Å². The maximum absolute atomic E-state index is 6.11. The Hall–Kier alpha value is -3.46.